The number of thiophene rings is 1. The van der Waals surface area contributed by atoms with Gasteiger partial charge in [0.05, 0.1) is 16.6 Å². The van der Waals surface area contributed by atoms with Gasteiger partial charge in [-0.3, -0.25) is 10.1 Å². The van der Waals surface area contributed by atoms with E-state index < -0.39 is 0 Å². The first-order chi connectivity index (χ1) is 16.0. The summed E-state index contributed by atoms with van der Waals surface area (Å²) >= 11 is 10.4. The molecule has 4 rings (SSSR count). The van der Waals surface area contributed by atoms with Crippen LogP contribution in [0.2, 0.25) is 0 Å². The van der Waals surface area contributed by atoms with Crippen molar-refractivity contribution < 1.29 is 9.53 Å². The van der Waals surface area contributed by atoms with Crippen molar-refractivity contribution in [3.63, 3.8) is 0 Å². The smallest absolute Gasteiger partial charge is 0.257 e. The highest BCUT2D eigenvalue weighted by molar-refractivity contribution is 9.10. The Morgan fingerprint density at radius 1 is 1.18 bits per heavy atom. The fourth-order valence-corrected chi connectivity index (χ4v) is 5.76. The molecule has 0 saturated heterocycles. The Morgan fingerprint density at radius 3 is 2.73 bits per heavy atom. The standard InChI is InChI=1S/C25H22BrN3O2S2/c26-20-14-17(10-11-21(20)31-13-12-16-6-2-1-3-7-16)23(30)28-25(32)29-24-19(15-27)18-8-4-5-9-22(18)33-24/h1-3,6-7,10-11,14H,4-5,8-9,12-13H2,(H2,28,29,30,32). The Hall–Kier alpha value is -2.73. The molecular weight excluding hydrogens is 518 g/mol. The fourth-order valence-electron chi connectivity index (χ4n) is 3.76. The zero-order valence-corrected chi connectivity index (χ0v) is 21.0. The van der Waals surface area contributed by atoms with Crippen molar-refractivity contribution in [2.45, 2.75) is 32.1 Å². The summed E-state index contributed by atoms with van der Waals surface area (Å²) in [6.45, 7) is 0.536. The van der Waals surface area contributed by atoms with Gasteiger partial charge in [0.2, 0.25) is 0 Å². The van der Waals surface area contributed by atoms with Crippen LogP contribution in [-0.2, 0) is 19.3 Å². The first-order valence-corrected chi connectivity index (χ1v) is 12.7. The van der Waals surface area contributed by atoms with Gasteiger partial charge in [-0.05, 0) is 83.2 Å². The molecule has 0 unspecified atom stereocenters. The lowest BCUT2D eigenvalue weighted by Crippen LogP contribution is -2.34. The summed E-state index contributed by atoms with van der Waals surface area (Å²) in [7, 11) is 0. The van der Waals surface area contributed by atoms with Gasteiger partial charge in [-0.15, -0.1) is 11.3 Å². The zero-order chi connectivity index (χ0) is 23.2. The highest BCUT2D eigenvalue weighted by Gasteiger charge is 2.21. The van der Waals surface area contributed by atoms with Crippen LogP contribution < -0.4 is 15.4 Å². The summed E-state index contributed by atoms with van der Waals surface area (Å²) in [5, 5.41) is 16.2. The van der Waals surface area contributed by atoms with E-state index in [1.807, 2.05) is 18.2 Å². The Bertz CT molecular complexity index is 1220. The Morgan fingerprint density at radius 2 is 1.97 bits per heavy atom. The van der Waals surface area contributed by atoms with Crippen molar-refractivity contribution in [1.82, 2.24) is 5.32 Å². The summed E-state index contributed by atoms with van der Waals surface area (Å²) in [5.41, 5.74) is 3.42. The number of nitriles is 1. The monoisotopic (exact) mass is 539 g/mol. The van der Waals surface area contributed by atoms with Gasteiger partial charge in [-0.2, -0.15) is 5.26 Å². The molecule has 1 heterocycles. The van der Waals surface area contributed by atoms with Gasteiger partial charge in [0.1, 0.15) is 16.8 Å². The maximum absolute atomic E-state index is 12.7. The molecule has 0 spiro atoms. The normalized spacial score (nSPS) is 12.4. The van der Waals surface area contributed by atoms with Crippen LogP contribution >= 0.6 is 39.5 Å². The lowest BCUT2D eigenvalue weighted by atomic mass is 9.96. The highest BCUT2D eigenvalue weighted by Crippen LogP contribution is 2.37. The number of anilines is 1. The highest BCUT2D eigenvalue weighted by atomic mass is 79.9. The first-order valence-electron chi connectivity index (χ1n) is 10.7. The van der Waals surface area contributed by atoms with Gasteiger partial charge in [0.25, 0.3) is 5.91 Å². The minimum Gasteiger partial charge on any atom is -0.492 e. The van der Waals surface area contributed by atoms with E-state index in [9.17, 15) is 10.1 Å². The third kappa shape index (κ3) is 5.80. The number of amides is 1. The molecule has 0 fully saturated rings. The van der Waals surface area contributed by atoms with Crippen LogP contribution in [0.15, 0.2) is 53.0 Å². The van der Waals surface area contributed by atoms with E-state index in [-0.39, 0.29) is 11.0 Å². The predicted molar refractivity (Wildman–Crippen MR) is 139 cm³/mol. The van der Waals surface area contributed by atoms with Crippen LogP contribution in [0.1, 0.15) is 44.8 Å². The number of thiocarbonyl (C=S) groups is 1. The van der Waals surface area contributed by atoms with Gasteiger partial charge < -0.3 is 10.1 Å². The SMILES string of the molecule is N#Cc1c(NC(=S)NC(=O)c2ccc(OCCc3ccccc3)c(Br)c2)sc2c1CCCC2. The second-order valence-electron chi connectivity index (χ2n) is 7.66. The average molecular weight is 541 g/mol. The number of ether oxygens (including phenoxy) is 1. The summed E-state index contributed by atoms with van der Waals surface area (Å²) in [6, 6.07) is 17.6. The minimum atomic E-state index is -0.330. The van der Waals surface area contributed by atoms with Gasteiger partial charge in [0.15, 0.2) is 5.11 Å². The van der Waals surface area contributed by atoms with E-state index in [0.717, 1.165) is 37.7 Å². The van der Waals surface area contributed by atoms with Crippen molar-refractivity contribution in [2.75, 3.05) is 11.9 Å². The quantitative estimate of drug-likeness (QED) is 0.375. The Balaban J connectivity index is 1.34. The van der Waals surface area contributed by atoms with Gasteiger partial charge >= 0.3 is 0 Å². The maximum atomic E-state index is 12.7. The third-order valence-corrected chi connectivity index (χ3v) is 7.45. The summed E-state index contributed by atoms with van der Waals surface area (Å²) in [6.07, 6.45) is 4.94. The van der Waals surface area contributed by atoms with E-state index in [1.54, 1.807) is 29.5 Å². The molecule has 0 bridgehead atoms. The number of carbonyl (C=O) groups excluding carboxylic acids is 1. The van der Waals surface area contributed by atoms with Crippen LogP contribution in [0, 0.1) is 11.3 Å². The molecule has 1 aliphatic rings. The third-order valence-electron chi connectivity index (χ3n) is 5.42. The molecule has 1 aromatic heterocycles. The molecule has 33 heavy (non-hydrogen) atoms. The summed E-state index contributed by atoms with van der Waals surface area (Å²) < 4.78 is 6.55. The lowest BCUT2D eigenvalue weighted by Gasteiger charge is -2.11. The van der Waals surface area contributed by atoms with Gasteiger partial charge in [0, 0.05) is 16.9 Å². The predicted octanol–water partition coefficient (Wildman–Crippen LogP) is 6.01. The van der Waals surface area contributed by atoms with E-state index in [1.165, 1.54) is 10.4 Å². The Labute approximate surface area is 210 Å². The average Bonchev–Trinajstić information content (AvgIpc) is 3.17. The molecule has 1 amide bonds. The maximum Gasteiger partial charge on any atom is 0.257 e. The van der Waals surface area contributed by atoms with Gasteiger partial charge in [-0.25, -0.2) is 0 Å². The molecular formula is C25H22BrN3O2S2. The molecule has 0 atom stereocenters. The number of aryl methyl sites for hydroxylation is 1. The molecule has 5 nitrogen and oxygen atoms in total. The largest absolute Gasteiger partial charge is 0.492 e. The van der Waals surface area contributed by atoms with Gasteiger partial charge in [-0.1, -0.05) is 30.3 Å². The van der Waals surface area contributed by atoms with Crippen molar-refractivity contribution in [2.24, 2.45) is 0 Å². The molecule has 0 saturated carbocycles. The van der Waals surface area contributed by atoms with Crippen molar-refractivity contribution in [1.29, 1.82) is 5.26 Å². The van der Waals surface area contributed by atoms with Crippen LogP contribution in [-0.4, -0.2) is 17.6 Å². The minimum absolute atomic E-state index is 0.175. The first kappa shape index (κ1) is 23.4. The molecule has 1 aliphatic carbocycles. The molecule has 8 heteroatoms. The number of benzene rings is 2. The molecule has 2 N–H and O–H groups in total. The number of hydrogen-bond donors (Lipinski definition) is 2. The van der Waals surface area contributed by atoms with E-state index in [2.05, 4.69) is 44.8 Å². The number of hydrogen-bond acceptors (Lipinski definition) is 5. The van der Waals surface area contributed by atoms with Crippen LogP contribution in [0.3, 0.4) is 0 Å². The Kier molecular flexibility index (Phi) is 7.76. The van der Waals surface area contributed by atoms with Crippen molar-refractivity contribution >= 4 is 55.5 Å². The second-order valence-corrected chi connectivity index (χ2v) is 10.0. The molecule has 3 aromatic rings. The van der Waals surface area contributed by atoms with Crippen molar-refractivity contribution in [3.8, 4) is 11.8 Å². The number of carbonyl (C=O) groups is 1. The van der Waals surface area contributed by atoms with E-state index in [0.29, 0.717) is 33.0 Å². The van der Waals surface area contributed by atoms with Crippen molar-refractivity contribution in [3.05, 3.63) is 80.1 Å². The topological polar surface area (TPSA) is 74.2 Å². The van der Waals surface area contributed by atoms with E-state index >= 15 is 0 Å². The number of halogens is 1. The van der Waals surface area contributed by atoms with Crippen LogP contribution in [0.4, 0.5) is 5.00 Å². The molecule has 0 aliphatic heterocycles. The fraction of sp³-hybridized carbons (Fsp3) is 0.240. The number of fused-ring (bicyclic) bond motifs is 1. The number of nitrogens with one attached hydrogen (secondary N) is 2. The summed E-state index contributed by atoms with van der Waals surface area (Å²) in [4.78, 5) is 13.9. The second kappa shape index (κ2) is 10.9. The lowest BCUT2D eigenvalue weighted by molar-refractivity contribution is 0.0977. The summed E-state index contributed by atoms with van der Waals surface area (Å²) in [5.74, 6) is 0.342. The molecule has 0 radical (unpaired) electrons. The number of rotatable bonds is 6. The number of nitrogens with zero attached hydrogens (tertiary/aromatic N) is 1. The van der Waals surface area contributed by atoms with Crippen LogP contribution in [0.5, 0.6) is 5.75 Å². The molecule has 168 valence electrons. The molecule has 2 aromatic carbocycles. The van der Waals surface area contributed by atoms with Crippen LogP contribution in [0.25, 0.3) is 0 Å². The van der Waals surface area contributed by atoms with E-state index in [4.69, 9.17) is 17.0 Å². The zero-order valence-electron chi connectivity index (χ0n) is 17.8.